The van der Waals surface area contributed by atoms with Gasteiger partial charge < -0.3 is 15.2 Å². The SMILES string of the molecule is COCCOc1ccccc1C(N)c1cc(C)cc(Br)c1. The van der Waals surface area contributed by atoms with Crippen LogP contribution in [0.3, 0.4) is 0 Å². The Bertz CT molecular complexity index is 581. The Hall–Kier alpha value is -1.36. The van der Waals surface area contributed by atoms with Crippen LogP contribution in [0.2, 0.25) is 0 Å². The largest absolute Gasteiger partial charge is 0.491 e. The fourth-order valence-corrected chi connectivity index (χ4v) is 2.85. The summed E-state index contributed by atoms with van der Waals surface area (Å²) >= 11 is 3.52. The Kier molecular flexibility index (Phi) is 5.79. The maximum Gasteiger partial charge on any atom is 0.124 e. The van der Waals surface area contributed by atoms with Crippen LogP contribution in [-0.4, -0.2) is 20.3 Å². The first-order valence-electron chi connectivity index (χ1n) is 6.85. The smallest absolute Gasteiger partial charge is 0.124 e. The Morgan fingerprint density at radius 3 is 2.62 bits per heavy atom. The van der Waals surface area contributed by atoms with E-state index < -0.39 is 0 Å². The molecule has 0 fully saturated rings. The summed E-state index contributed by atoms with van der Waals surface area (Å²) in [5.74, 6) is 0.805. The molecule has 0 aliphatic heterocycles. The second-order valence-electron chi connectivity index (χ2n) is 4.92. The normalized spacial score (nSPS) is 12.2. The molecular formula is C17H20BrNO2. The molecule has 21 heavy (non-hydrogen) atoms. The Morgan fingerprint density at radius 1 is 1.14 bits per heavy atom. The molecule has 0 amide bonds. The van der Waals surface area contributed by atoms with Crippen molar-refractivity contribution in [2.24, 2.45) is 5.73 Å². The fraction of sp³-hybridized carbons (Fsp3) is 0.294. The number of nitrogens with two attached hydrogens (primary N) is 1. The summed E-state index contributed by atoms with van der Waals surface area (Å²) in [6.07, 6.45) is 0. The molecule has 2 aromatic carbocycles. The minimum atomic E-state index is -0.222. The second kappa shape index (κ2) is 7.59. The standard InChI is InChI=1S/C17H20BrNO2/c1-12-9-13(11-14(18)10-12)17(19)15-5-3-4-6-16(15)21-8-7-20-2/h3-6,9-11,17H,7-8,19H2,1-2H3. The number of hydrogen-bond donors (Lipinski definition) is 1. The van der Waals surface area contributed by atoms with Gasteiger partial charge in [-0.3, -0.25) is 0 Å². The van der Waals surface area contributed by atoms with Crippen molar-refractivity contribution in [2.75, 3.05) is 20.3 Å². The highest BCUT2D eigenvalue weighted by atomic mass is 79.9. The number of aryl methyl sites for hydroxylation is 1. The first-order valence-corrected chi connectivity index (χ1v) is 7.64. The van der Waals surface area contributed by atoms with Gasteiger partial charge >= 0.3 is 0 Å². The first-order chi connectivity index (χ1) is 10.1. The number of benzene rings is 2. The van der Waals surface area contributed by atoms with E-state index in [9.17, 15) is 0 Å². The van der Waals surface area contributed by atoms with Gasteiger partial charge in [-0.1, -0.05) is 40.2 Å². The zero-order valence-electron chi connectivity index (χ0n) is 12.3. The lowest BCUT2D eigenvalue weighted by Gasteiger charge is -2.18. The third-order valence-electron chi connectivity index (χ3n) is 3.22. The van der Waals surface area contributed by atoms with Crippen molar-refractivity contribution in [1.82, 2.24) is 0 Å². The van der Waals surface area contributed by atoms with E-state index in [4.69, 9.17) is 15.2 Å². The molecule has 0 heterocycles. The van der Waals surface area contributed by atoms with Crippen molar-refractivity contribution in [3.05, 3.63) is 63.6 Å². The summed E-state index contributed by atoms with van der Waals surface area (Å²) in [6.45, 7) is 3.12. The number of halogens is 1. The van der Waals surface area contributed by atoms with Crippen molar-refractivity contribution in [1.29, 1.82) is 0 Å². The maximum absolute atomic E-state index is 6.43. The summed E-state index contributed by atoms with van der Waals surface area (Å²) in [5.41, 5.74) is 9.64. The van der Waals surface area contributed by atoms with E-state index >= 15 is 0 Å². The van der Waals surface area contributed by atoms with Crippen LogP contribution in [0, 0.1) is 6.92 Å². The number of ether oxygens (including phenoxy) is 2. The van der Waals surface area contributed by atoms with Gasteiger partial charge in [0.2, 0.25) is 0 Å². The molecule has 0 aliphatic carbocycles. The predicted octanol–water partition coefficient (Wildman–Crippen LogP) is 3.83. The Morgan fingerprint density at radius 2 is 1.90 bits per heavy atom. The van der Waals surface area contributed by atoms with E-state index in [2.05, 4.69) is 35.0 Å². The lowest BCUT2D eigenvalue weighted by molar-refractivity contribution is 0.145. The van der Waals surface area contributed by atoms with Gasteiger partial charge in [-0.2, -0.15) is 0 Å². The molecule has 2 N–H and O–H groups in total. The van der Waals surface area contributed by atoms with E-state index in [0.29, 0.717) is 13.2 Å². The van der Waals surface area contributed by atoms with Gasteiger partial charge in [-0.15, -0.1) is 0 Å². The average Bonchev–Trinajstić information content (AvgIpc) is 2.46. The molecular weight excluding hydrogens is 330 g/mol. The summed E-state index contributed by atoms with van der Waals surface area (Å²) < 4.78 is 11.8. The fourth-order valence-electron chi connectivity index (χ4n) is 2.23. The van der Waals surface area contributed by atoms with Crippen molar-refractivity contribution in [3.63, 3.8) is 0 Å². The lowest BCUT2D eigenvalue weighted by atomic mass is 9.97. The number of para-hydroxylation sites is 1. The lowest BCUT2D eigenvalue weighted by Crippen LogP contribution is -2.15. The van der Waals surface area contributed by atoms with Crippen molar-refractivity contribution >= 4 is 15.9 Å². The highest BCUT2D eigenvalue weighted by molar-refractivity contribution is 9.10. The van der Waals surface area contributed by atoms with Crippen molar-refractivity contribution in [2.45, 2.75) is 13.0 Å². The highest BCUT2D eigenvalue weighted by Crippen LogP contribution is 2.30. The summed E-state index contributed by atoms with van der Waals surface area (Å²) in [5, 5.41) is 0. The van der Waals surface area contributed by atoms with Crippen molar-refractivity contribution < 1.29 is 9.47 Å². The Balaban J connectivity index is 2.27. The Labute approximate surface area is 134 Å². The molecule has 1 unspecified atom stereocenters. The summed E-state index contributed by atoms with van der Waals surface area (Å²) in [7, 11) is 1.66. The maximum atomic E-state index is 6.43. The van der Waals surface area contributed by atoms with Gasteiger partial charge in [0.05, 0.1) is 12.6 Å². The molecule has 4 heteroatoms. The van der Waals surface area contributed by atoms with E-state index in [1.54, 1.807) is 7.11 Å². The molecule has 0 aromatic heterocycles. The zero-order chi connectivity index (χ0) is 15.2. The third kappa shape index (κ3) is 4.30. The molecule has 2 aromatic rings. The molecule has 0 saturated heterocycles. The van der Waals surface area contributed by atoms with Crippen molar-refractivity contribution in [3.8, 4) is 5.75 Å². The minimum Gasteiger partial charge on any atom is -0.491 e. The molecule has 3 nitrogen and oxygen atoms in total. The molecule has 1 atom stereocenters. The molecule has 0 radical (unpaired) electrons. The van der Waals surface area contributed by atoms with Gasteiger partial charge in [0.25, 0.3) is 0 Å². The number of rotatable bonds is 6. The van der Waals surface area contributed by atoms with Gasteiger partial charge in [0.15, 0.2) is 0 Å². The van der Waals surface area contributed by atoms with Gasteiger partial charge in [0, 0.05) is 17.1 Å². The summed E-state index contributed by atoms with van der Waals surface area (Å²) in [6, 6.07) is 13.9. The zero-order valence-corrected chi connectivity index (χ0v) is 13.9. The molecule has 0 spiro atoms. The molecule has 2 rings (SSSR count). The van der Waals surface area contributed by atoms with E-state index in [0.717, 1.165) is 21.3 Å². The monoisotopic (exact) mass is 349 g/mol. The topological polar surface area (TPSA) is 44.5 Å². The molecule has 112 valence electrons. The van der Waals surface area contributed by atoms with Crippen LogP contribution < -0.4 is 10.5 Å². The summed E-state index contributed by atoms with van der Waals surface area (Å²) in [4.78, 5) is 0. The average molecular weight is 350 g/mol. The van der Waals surface area contributed by atoms with Crippen LogP contribution in [-0.2, 0) is 4.74 Å². The van der Waals surface area contributed by atoms with Crippen LogP contribution >= 0.6 is 15.9 Å². The van der Waals surface area contributed by atoms with E-state index in [-0.39, 0.29) is 6.04 Å². The van der Waals surface area contributed by atoms with Crippen LogP contribution in [0.15, 0.2) is 46.9 Å². The first kappa shape index (κ1) is 16.0. The second-order valence-corrected chi connectivity index (χ2v) is 5.83. The quantitative estimate of drug-likeness (QED) is 0.806. The molecule has 0 bridgehead atoms. The number of hydrogen-bond acceptors (Lipinski definition) is 3. The van der Waals surface area contributed by atoms with Crippen LogP contribution in [0.5, 0.6) is 5.75 Å². The minimum absolute atomic E-state index is 0.222. The van der Waals surface area contributed by atoms with E-state index in [1.165, 1.54) is 5.56 Å². The predicted molar refractivity (Wildman–Crippen MR) is 88.7 cm³/mol. The van der Waals surface area contributed by atoms with Gasteiger partial charge in [-0.25, -0.2) is 0 Å². The third-order valence-corrected chi connectivity index (χ3v) is 3.68. The number of methoxy groups -OCH3 is 1. The van der Waals surface area contributed by atoms with E-state index in [1.807, 2.05) is 30.3 Å². The van der Waals surface area contributed by atoms with Crippen LogP contribution in [0.1, 0.15) is 22.7 Å². The van der Waals surface area contributed by atoms with Crippen LogP contribution in [0.25, 0.3) is 0 Å². The van der Waals surface area contributed by atoms with Gasteiger partial charge in [0.1, 0.15) is 12.4 Å². The molecule has 0 saturated carbocycles. The van der Waals surface area contributed by atoms with Crippen LogP contribution in [0.4, 0.5) is 0 Å². The van der Waals surface area contributed by atoms with Gasteiger partial charge in [-0.05, 0) is 36.2 Å². The molecule has 0 aliphatic rings. The highest BCUT2D eigenvalue weighted by Gasteiger charge is 2.14.